The molecular formula is C10H17N3OS. The predicted molar refractivity (Wildman–Crippen MR) is 59.9 cm³/mol. The summed E-state index contributed by atoms with van der Waals surface area (Å²) >= 11 is 1.65. The standard InChI is InChI=1S/C10H17N3OS/c1-7(11-3)8-12-13-9(15-8)10(2)5-4-6-14-10/h7,11H,4-6H2,1-3H3. The summed E-state index contributed by atoms with van der Waals surface area (Å²) in [7, 11) is 1.93. The van der Waals surface area contributed by atoms with Gasteiger partial charge in [-0.3, -0.25) is 0 Å². The topological polar surface area (TPSA) is 47.0 Å². The second-order valence-corrected chi connectivity index (χ2v) is 5.15. The number of ether oxygens (including phenoxy) is 1. The van der Waals surface area contributed by atoms with Crippen molar-refractivity contribution in [3.63, 3.8) is 0 Å². The van der Waals surface area contributed by atoms with E-state index in [1.165, 1.54) is 0 Å². The van der Waals surface area contributed by atoms with Crippen molar-refractivity contribution in [1.29, 1.82) is 0 Å². The van der Waals surface area contributed by atoms with Gasteiger partial charge in [0.05, 0.1) is 6.04 Å². The average molecular weight is 227 g/mol. The average Bonchev–Trinajstić information content (AvgIpc) is 2.85. The van der Waals surface area contributed by atoms with E-state index in [1.807, 2.05) is 7.05 Å². The maximum Gasteiger partial charge on any atom is 0.149 e. The van der Waals surface area contributed by atoms with Crippen molar-refractivity contribution in [2.45, 2.75) is 38.3 Å². The van der Waals surface area contributed by atoms with Crippen molar-refractivity contribution in [1.82, 2.24) is 15.5 Å². The maximum absolute atomic E-state index is 5.74. The first kappa shape index (κ1) is 11.0. The van der Waals surface area contributed by atoms with Gasteiger partial charge in [0.25, 0.3) is 0 Å². The summed E-state index contributed by atoms with van der Waals surface area (Å²) in [6.45, 7) is 5.03. The smallest absolute Gasteiger partial charge is 0.149 e. The third kappa shape index (κ3) is 2.04. The van der Waals surface area contributed by atoms with Crippen molar-refractivity contribution < 1.29 is 4.74 Å². The van der Waals surface area contributed by atoms with E-state index in [1.54, 1.807) is 11.3 Å². The van der Waals surface area contributed by atoms with Crippen LogP contribution in [-0.2, 0) is 10.3 Å². The number of hydrogen-bond donors (Lipinski definition) is 1. The Kier molecular flexibility index (Phi) is 3.04. The minimum Gasteiger partial charge on any atom is -0.368 e. The highest BCUT2D eigenvalue weighted by molar-refractivity contribution is 7.11. The summed E-state index contributed by atoms with van der Waals surface area (Å²) in [4.78, 5) is 0. The van der Waals surface area contributed by atoms with E-state index in [9.17, 15) is 0 Å². The Labute approximate surface area is 94.1 Å². The lowest BCUT2D eigenvalue weighted by atomic mass is 10.0. The summed E-state index contributed by atoms with van der Waals surface area (Å²) in [5, 5.41) is 13.7. The van der Waals surface area contributed by atoms with Crippen molar-refractivity contribution in [3.05, 3.63) is 10.0 Å². The van der Waals surface area contributed by atoms with Crippen molar-refractivity contribution in [2.75, 3.05) is 13.7 Å². The first-order valence-electron chi connectivity index (χ1n) is 5.31. The van der Waals surface area contributed by atoms with Crippen LogP contribution in [0.5, 0.6) is 0 Å². The van der Waals surface area contributed by atoms with E-state index in [4.69, 9.17) is 4.74 Å². The Hall–Kier alpha value is -0.520. The van der Waals surface area contributed by atoms with Gasteiger partial charge in [0.15, 0.2) is 0 Å². The Morgan fingerprint density at radius 3 is 2.93 bits per heavy atom. The van der Waals surface area contributed by atoms with Gasteiger partial charge < -0.3 is 10.1 Å². The van der Waals surface area contributed by atoms with Crippen LogP contribution in [0, 0.1) is 0 Å². The molecule has 0 aromatic carbocycles. The highest BCUT2D eigenvalue weighted by Crippen LogP contribution is 2.37. The summed E-state index contributed by atoms with van der Waals surface area (Å²) in [5.41, 5.74) is -0.191. The number of aromatic nitrogens is 2. The molecule has 84 valence electrons. The molecule has 1 fully saturated rings. The normalized spacial score (nSPS) is 28.2. The Balaban J connectivity index is 2.19. The van der Waals surface area contributed by atoms with Gasteiger partial charge in [0.2, 0.25) is 0 Å². The van der Waals surface area contributed by atoms with Gasteiger partial charge in [-0.2, -0.15) is 0 Å². The number of rotatable bonds is 3. The minimum atomic E-state index is -0.191. The van der Waals surface area contributed by atoms with Crippen LogP contribution in [0.1, 0.15) is 42.7 Å². The van der Waals surface area contributed by atoms with Gasteiger partial charge in [-0.05, 0) is 33.7 Å². The van der Waals surface area contributed by atoms with Crippen molar-refractivity contribution in [2.24, 2.45) is 0 Å². The largest absolute Gasteiger partial charge is 0.368 e. The summed E-state index contributed by atoms with van der Waals surface area (Å²) in [5.74, 6) is 0. The quantitative estimate of drug-likeness (QED) is 0.856. The molecule has 5 heteroatoms. The lowest BCUT2D eigenvalue weighted by Crippen LogP contribution is -2.19. The second-order valence-electron chi connectivity index (χ2n) is 4.14. The van der Waals surface area contributed by atoms with Crippen LogP contribution in [0.25, 0.3) is 0 Å². The van der Waals surface area contributed by atoms with Crippen LogP contribution < -0.4 is 5.32 Å². The molecule has 0 radical (unpaired) electrons. The Morgan fingerprint density at radius 2 is 2.33 bits per heavy atom. The summed E-state index contributed by atoms with van der Waals surface area (Å²) in [6, 6.07) is 0.265. The van der Waals surface area contributed by atoms with Gasteiger partial charge in [0.1, 0.15) is 15.6 Å². The molecule has 2 atom stereocenters. The van der Waals surface area contributed by atoms with Crippen LogP contribution >= 0.6 is 11.3 Å². The Bertz CT molecular complexity index is 333. The molecule has 1 aliphatic rings. The SMILES string of the molecule is CNC(C)c1nnc(C2(C)CCCO2)s1. The van der Waals surface area contributed by atoms with Crippen molar-refractivity contribution in [3.8, 4) is 0 Å². The van der Waals surface area contributed by atoms with Gasteiger partial charge in [0, 0.05) is 6.61 Å². The van der Waals surface area contributed by atoms with Crippen LogP contribution in [0.3, 0.4) is 0 Å². The van der Waals surface area contributed by atoms with Gasteiger partial charge >= 0.3 is 0 Å². The first-order chi connectivity index (χ1) is 7.15. The third-order valence-corrected chi connectivity index (χ3v) is 4.27. The molecule has 0 aliphatic carbocycles. The van der Waals surface area contributed by atoms with E-state index >= 15 is 0 Å². The van der Waals surface area contributed by atoms with Crippen molar-refractivity contribution >= 4 is 11.3 Å². The molecule has 1 aliphatic heterocycles. The fourth-order valence-electron chi connectivity index (χ4n) is 1.69. The zero-order valence-electron chi connectivity index (χ0n) is 9.41. The summed E-state index contributed by atoms with van der Waals surface area (Å²) in [6.07, 6.45) is 2.17. The zero-order valence-corrected chi connectivity index (χ0v) is 10.2. The second kappa shape index (κ2) is 4.15. The fraction of sp³-hybridized carbons (Fsp3) is 0.800. The molecule has 0 saturated carbocycles. The zero-order chi connectivity index (χ0) is 10.9. The molecule has 1 N–H and O–H groups in total. The van der Waals surface area contributed by atoms with Crippen LogP contribution in [0.15, 0.2) is 0 Å². The van der Waals surface area contributed by atoms with E-state index in [0.29, 0.717) is 0 Å². The molecule has 1 aromatic heterocycles. The molecule has 4 nitrogen and oxygen atoms in total. The molecular weight excluding hydrogens is 210 g/mol. The molecule has 15 heavy (non-hydrogen) atoms. The first-order valence-corrected chi connectivity index (χ1v) is 6.12. The Morgan fingerprint density at radius 1 is 1.53 bits per heavy atom. The lowest BCUT2D eigenvalue weighted by Gasteiger charge is -2.18. The molecule has 2 heterocycles. The predicted octanol–water partition coefficient (Wildman–Crippen LogP) is 1.84. The van der Waals surface area contributed by atoms with Crippen LogP contribution in [-0.4, -0.2) is 23.9 Å². The number of nitrogens with one attached hydrogen (secondary N) is 1. The van der Waals surface area contributed by atoms with Gasteiger partial charge in [-0.25, -0.2) is 0 Å². The van der Waals surface area contributed by atoms with Gasteiger partial charge in [-0.15, -0.1) is 10.2 Å². The molecule has 1 aromatic rings. The minimum absolute atomic E-state index is 0.191. The van der Waals surface area contributed by atoms with Crippen LogP contribution in [0.2, 0.25) is 0 Å². The van der Waals surface area contributed by atoms with E-state index in [-0.39, 0.29) is 11.6 Å². The van der Waals surface area contributed by atoms with E-state index in [2.05, 4.69) is 29.4 Å². The molecule has 0 bridgehead atoms. The highest BCUT2D eigenvalue weighted by Gasteiger charge is 2.35. The third-order valence-electron chi connectivity index (χ3n) is 2.92. The molecule has 1 saturated heterocycles. The van der Waals surface area contributed by atoms with E-state index in [0.717, 1.165) is 29.5 Å². The highest BCUT2D eigenvalue weighted by atomic mass is 32.1. The molecule has 0 amide bonds. The van der Waals surface area contributed by atoms with Gasteiger partial charge in [-0.1, -0.05) is 11.3 Å². The number of hydrogen-bond acceptors (Lipinski definition) is 5. The molecule has 2 rings (SSSR count). The van der Waals surface area contributed by atoms with Crippen LogP contribution in [0.4, 0.5) is 0 Å². The molecule has 2 unspecified atom stereocenters. The van der Waals surface area contributed by atoms with E-state index < -0.39 is 0 Å². The molecule has 0 spiro atoms. The fourth-order valence-corrected chi connectivity index (χ4v) is 2.73. The summed E-state index contributed by atoms with van der Waals surface area (Å²) < 4.78 is 5.74. The lowest BCUT2D eigenvalue weighted by molar-refractivity contribution is 0.0161. The monoisotopic (exact) mass is 227 g/mol. The number of nitrogens with zero attached hydrogens (tertiary/aromatic N) is 2. The maximum atomic E-state index is 5.74.